The number of aromatic hydroxyl groups is 1. The Morgan fingerprint density at radius 3 is 2.74 bits per heavy atom. The van der Waals surface area contributed by atoms with Crippen molar-refractivity contribution < 1.29 is 14.3 Å². The molecule has 2 aromatic heterocycles. The summed E-state index contributed by atoms with van der Waals surface area (Å²) in [6.07, 6.45) is 3.70. The Kier molecular flexibility index (Phi) is 4.78. The Bertz CT molecular complexity index is 1300. The van der Waals surface area contributed by atoms with Gasteiger partial charge in [-0.2, -0.15) is 0 Å². The number of halogens is 1. The summed E-state index contributed by atoms with van der Waals surface area (Å²) in [5, 5.41) is 19.2. The van der Waals surface area contributed by atoms with Gasteiger partial charge in [0, 0.05) is 61.4 Å². The Balaban J connectivity index is 1.06. The Morgan fingerprint density at radius 2 is 1.97 bits per heavy atom. The summed E-state index contributed by atoms with van der Waals surface area (Å²) in [5.74, 6) is 0.793. The second kappa shape index (κ2) is 7.63. The smallest absolute Gasteiger partial charge is 0.246 e. The van der Waals surface area contributed by atoms with Crippen molar-refractivity contribution in [3.63, 3.8) is 0 Å². The maximum atomic E-state index is 13.7. The van der Waals surface area contributed by atoms with Crippen molar-refractivity contribution in [2.75, 3.05) is 32.7 Å². The number of hydrogen-bond donors (Lipinski definition) is 2. The fraction of sp³-hybridized carbons (Fsp3) is 0.423. The van der Waals surface area contributed by atoms with E-state index in [2.05, 4.69) is 33.9 Å². The van der Waals surface area contributed by atoms with Crippen LogP contribution in [0.25, 0.3) is 22.3 Å². The number of aromatic amines is 1. The van der Waals surface area contributed by atoms with Gasteiger partial charge in [0.05, 0.1) is 5.69 Å². The highest BCUT2D eigenvalue weighted by atomic mass is 19.1. The van der Waals surface area contributed by atoms with Gasteiger partial charge in [0.25, 0.3) is 0 Å². The molecule has 1 saturated carbocycles. The molecule has 8 heteroatoms. The van der Waals surface area contributed by atoms with E-state index >= 15 is 0 Å². The average molecular weight is 462 g/mol. The Labute approximate surface area is 197 Å². The van der Waals surface area contributed by atoms with Crippen LogP contribution in [-0.2, 0) is 4.79 Å². The number of carbonyl (C=O) groups excluding carboxylic acids is 1. The number of hydrogen-bond acceptors (Lipinski definition) is 5. The molecule has 0 radical (unpaired) electrons. The molecule has 3 aromatic rings. The van der Waals surface area contributed by atoms with Crippen molar-refractivity contribution in [3.05, 3.63) is 54.0 Å². The van der Waals surface area contributed by atoms with Gasteiger partial charge < -0.3 is 15.0 Å². The first-order chi connectivity index (χ1) is 16.3. The van der Waals surface area contributed by atoms with Crippen molar-refractivity contribution in [3.8, 4) is 17.0 Å². The van der Waals surface area contributed by atoms with Gasteiger partial charge in [-0.05, 0) is 41.5 Å². The number of rotatable bonds is 5. The largest absolute Gasteiger partial charge is 0.504 e. The van der Waals surface area contributed by atoms with Crippen LogP contribution in [0, 0.1) is 23.1 Å². The molecule has 2 N–H and O–H groups in total. The molecular formula is C26H28FN5O2. The van der Waals surface area contributed by atoms with E-state index in [1.807, 2.05) is 17.0 Å². The fourth-order valence-electron chi connectivity index (χ4n) is 5.65. The number of likely N-dealkylation sites (tertiary alicyclic amines) is 2. The number of benzene rings is 1. The van der Waals surface area contributed by atoms with Crippen LogP contribution in [-0.4, -0.2) is 68.7 Å². The highest BCUT2D eigenvalue weighted by molar-refractivity contribution is 5.88. The Morgan fingerprint density at radius 1 is 1.21 bits per heavy atom. The lowest BCUT2D eigenvalue weighted by molar-refractivity contribution is -0.130. The van der Waals surface area contributed by atoms with Crippen LogP contribution in [0.2, 0.25) is 0 Å². The van der Waals surface area contributed by atoms with E-state index in [9.17, 15) is 14.3 Å². The summed E-state index contributed by atoms with van der Waals surface area (Å²) in [7, 11) is 0. The van der Waals surface area contributed by atoms with Gasteiger partial charge in [-0.3, -0.25) is 9.69 Å². The number of carbonyl (C=O) groups is 1. The summed E-state index contributed by atoms with van der Waals surface area (Å²) in [6.45, 7) is 9.15. The van der Waals surface area contributed by atoms with Crippen molar-refractivity contribution in [2.45, 2.75) is 19.8 Å². The molecule has 0 bridgehead atoms. The molecule has 1 aromatic carbocycles. The van der Waals surface area contributed by atoms with Gasteiger partial charge in [0.15, 0.2) is 17.2 Å². The zero-order chi connectivity index (χ0) is 23.6. The van der Waals surface area contributed by atoms with E-state index in [0.717, 1.165) is 42.6 Å². The van der Waals surface area contributed by atoms with Crippen LogP contribution in [0.15, 0.2) is 42.5 Å². The van der Waals surface area contributed by atoms with Crippen LogP contribution < -0.4 is 0 Å². The number of nitrogens with zero attached hydrogens (tertiary/aromatic N) is 4. The molecule has 3 fully saturated rings. The van der Waals surface area contributed by atoms with E-state index in [-0.39, 0.29) is 11.8 Å². The van der Waals surface area contributed by atoms with Crippen LogP contribution in [0.4, 0.5) is 4.39 Å². The highest BCUT2D eigenvalue weighted by Crippen LogP contribution is 2.61. The van der Waals surface area contributed by atoms with Crippen LogP contribution in [0.3, 0.4) is 0 Å². The zero-order valence-electron chi connectivity index (χ0n) is 19.3. The predicted octanol–water partition coefficient (Wildman–Crippen LogP) is 3.54. The minimum atomic E-state index is -0.691. The van der Waals surface area contributed by atoms with Gasteiger partial charge in [-0.1, -0.05) is 26.0 Å². The molecule has 1 aliphatic carbocycles. The number of H-pyrrole nitrogens is 1. The molecule has 2 atom stereocenters. The maximum absolute atomic E-state index is 13.7. The standard InChI is InChI=1S/C26H28FN5O2/c1-26(2)18-13-31(14-19(18)26)8-4-7-23(33)32-11-16(12-32)21-9-15-10-22(29-30-25(15)28-21)17-5-3-6-20(27)24(17)34/h3-7,9-10,16,18-19,34H,8,11-14H2,1-2H3,(H,28,30)/b7-4+. The maximum Gasteiger partial charge on any atom is 0.246 e. The number of phenolic OH excluding ortho intramolecular Hbond substituents is 1. The number of piperidine rings is 1. The van der Waals surface area contributed by atoms with Crippen molar-refractivity contribution in [1.29, 1.82) is 0 Å². The highest BCUT2D eigenvalue weighted by Gasteiger charge is 2.61. The monoisotopic (exact) mass is 461 g/mol. The SMILES string of the molecule is CC1(C)C2CN(C/C=C/C(=O)N3CC(c4cc5cc(-c6cccc(F)c6O)nnc5[nH]4)C3)CC21. The van der Waals surface area contributed by atoms with Crippen LogP contribution >= 0.6 is 0 Å². The number of fused-ring (bicyclic) bond motifs is 2. The van der Waals surface area contributed by atoms with Gasteiger partial charge in [-0.15, -0.1) is 10.2 Å². The summed E-state index contributed by atoms with van der Waals surface area (Å²) in [4.78, 5) is 20.1. The lowest BCUT2D eigenvalue weighted by Gasteiger charge is -2.38. The lowest BCUT2D eigenvalue weighted by Crippen LogP contribution is -2.48. The van der Waals surface area contributed by atoms with E-state index in [1.54, 1.807) is 18.2 Å². The van der Waals surface area contributed by atoms with E-state index < -0.39 is 11.6 Å². The summed E-state index contributed by atoms with van der Waals surface area (Å²) < 4.78 is 13.7. The second-order valence-corrected chi connectivity index (χ2v) is 10.5. The van der Waals surface area contributed by atoms with Gasteiger partial charge in [0.1, 0.15) is 0 Å². The summed E-state index contributed by atoms with van der Waals surface area (Å²) >= 11 is 0. The van der Waals surface area contributed by atoms with Crippen molar-refractivity contribution >= 4 is 16.9 Å². The van der Waals surface area contributed by atoms with Crippen LogP contribution in [0.1, 0.15) is 25.5 Å². The summed E-state index contributed by atoms with van der Waals surface area (Å²) in [6, 6.07) is 8.11. The molecule has 2 aliphatic heterocycles. The molecule has 6 rings (SSSR count). The van der Waals surface area contributed by atoms with Gasteiger partial charge in [0.2, 0.25) is 5.91 Å². The van der Waals surface area contributed by atoms with Gasteiger partial charge >= 0.3 is 0 Å². The Hall–Kier alpha value is -3.26. The number of nitrogens with one attached hydrogen (secondary N) is 1. The normalized spacial score (nSPS) is 24.0. The molecule has 3 aliphatic rings. The van der Waals surface area contributed by atoms with Crippen molar-refractivity contribution in [2.24, 2.45) is 17.3 Å². The number of aromatic nitrogens is 3. The molecular weight excluding hydrogens is 433 g/mol. The van der Waals surface area contributed by atoms with Crippen LogP contribution in [0.5, 0.6) is 5.75 Å². The second-order valence-electron chi connectivity index (χ2n) is 10.5. The number of amides is 1. The minimum Gasteiger partial charge on any atom is -0.504 e. The molecule has 176 valence electrons. The van der Waals surface area contributed by atoms with E-state index in [1.165, 1.54) is 12.1 Å². The zero-order valence-corrected chi connectivity index (χ0v) is 19.3. The molecule has 2 unspecified atom stereocenters. The quantitative estimate of drug-likeness (QED) is 0.568. The first kappa shape index (κ1) is 21.3. The fourth-order valence-corrected chi connectivity index (χ4v) is 5.65. The molecule has 0 spiro atoms. The topological polar surface area (TPSA) is 85.3 Å². The number of phenols is 1. The third kappa shape index (κ3) is 3.48. The minimum absolute atomic E-state index is 0.0562. The lowest BCUT2D eigenvalue weighted by atomic mass is 9.96. The molecule has 1 amide bonds. The number of para-hydroxylation sites is 1. The first-order valence-corrected chi connectivity index (χ1v) is 11.8. The summed E-state index contributed by atoms with van der Waals surface area (Å²) in [5.41, 5.74) is 2.85. The molecule has 2 saturated heterocycles. The average Bonchev–Trinajstić information content (AvgIpc) is 3.16. The third-order valence-electron chi connectivity index (χ3n) is 8.11. The predicted molar refractivity (Wildman–Crippen MR) is 127 cm³/mol. The van der Waals surface area contributed by atoms with E-state index in [0.29, 0.717) is 35.4 Å². The first-order valence-electron chi connectivity index (χ1n) is 11.8. The molecule has 7 nitrogen and oxygen atoms in total. The van der Waals surface area contributed by atoms with E-state index in [4.69, 9.17) is 0 Å². The third-order valence-corrected chi connectivity index (χ3v) is 8.11. The molecule has 4 heterocycles. The molecule has 34 heavy (non-hydrogen) atoms. The van der Waals surface area contributed by atoms with Crippen molar-refractivity contribution in [1.82, 2.24) is 25.0 Å². The van der Waals surface area contributed by atoms with Gasteiger partial charge in [-0.25, -0.2) is 4.39 Å².